The van der Waals surface area contributed by atoms with Gasteiger partial charge in [-0.25, -0.2) is 9.78 Å². The molecular formula is C16H8BrCl3N4O3. The molecule has 0 bridgehead atoms. The van der Waals surface area contributed by atoms with Gasteiger partial charge in [0, 0.05) is 17.3 Å². The molecule has 138 valence electrons. The van der Waals surface area contributed by atoms with Crippen LogP contribution in [0.3, 0.4) is 0 Å². The minimum absolute atomic E-state index is 0.0250. The summed E-state index contributed by atoms with van der Waals surface area (Å²) in [6.45, 7) is 0. The number of hydrogen-bond donors (Lipinski definition) is 1. The standard InChI is InChI=1S/C16H8BrCl3N4O3/c17-12-6-13(24(22-12)15-10(19)2-1-3-21-15)23(7-25)14-9(16(26)27)4-8(18)5-11(14)20/h1-7H,(H,26,27). The number of carboxylic acids is 1. The molecule has 2 heterocycles. The maximum absolute atomic E-state index is 11.9. The topological polar surface area (TPSA) is 88.3 Å². The van der Waals surface area contributed by atoms with Crippen LogP contribution in [0.25, 0.3) is 5.82 Å². The van der Waals surface area contributed by atoms with E-state index in [0.29, 0.717) is 11.0 Å². The smallest absolute Gasteiger partial charge is 0.337 e. The first-order valence-electron chi connectivity index (χ1n) is 7.16. The number of amides is 1. The maximum atomic E-state index is 11.9. The van der Waals surface area contributed by atoms with Gasteiger partial charge < -0.3 is 5.11 Å². The van der Waals surface area contributed by atoms with Crippen molar-refractivity contribution in [3.63, 3.8) is 0 Å². The van der Waals surface area contributed by atoms with Gasteiger partial charge >= 0.3 is 5.97 Å². The summed E-state index contributed by atoms with van der Waals surface area (Å²) in [6, 6.07) is 7.28. The number of anilines is 2. The number of aromatic nitrogens is 3. The Morgan fingerprint density at radius 3 is 2.59 bits per heavy atom. The predicted molar refractivity (Wildman–Crippen MR) is 106 cm³/mol. The lowest BCUT2D eigenvalue weighted by Crippen LogP contribution is -2.21. The molecule has 0 spiro atoms. The van der Waals surface area contributed by atoms with Crippen LogP contribution in [0.1, 0.15) is 10.4 Å². The third-order valence-corrected chi connectivity index (χ3v) is 4.64. The highest BCUT2D eigenvalue weighted by atomic mass is 79.9. The van der Waals surface area contributed by atoms with Crippen LogP contribution in [0.4, 0.5) is 11.5 Å². The number of aromatic carboxylic acids is 1. The second-order valence-electron chi connectivity index (χ2n) is 5.11. The fraction of sp³-hybridized carbons (Fsp3) is 0. The summed E-state index contributed by atoms with van der Waals surface area (Å²) in [4.78, 5) is 28.8. The fourth-order valence-electron chi connectivity index (χ4n) is 2.40. The van der Waals surface area contributed by atoms with Crippen molar-refractivity contribution in [2.45, 2.75) is 0 Å². The number of hydrogen-bond acceptors (Lipinski definition) is 4. The summed E-state index contributed by atoms with van der Waals surface area (Å²) >= 11 is 21.5. The first-order valence-corrected chi connectivity index (χ1v) is 9.09. The molecule has 27 heavy (non-hydrogen) atoms. The van der Waals surface area contributed by atoms with E-state index in [9.17, 15) is 14.7 Å². The number of nitrogens with zero attached hydrogens (tertiary/aromatic N) is 4. The number of rotatable bonds is 5. The number of halogens is 4. The molecule has 0 radical (unpaired) electrons. The summed E-state index contributed by atoms with van der Waals surface area (Å²) < 4.78 is 1.66. The van der Waals surface area contributed by atoms with Crippen LogP contribution in [0.15, 0.2) is 41.1 Å². The van der Waals surface area contributed by atoms with Crippen molar-refractivity contribution in [1.29, 1.82) is 0 Å². The first kappa shape index (κ1) is 19.6. The molecule has 0 aliphatic carbocycles. The molecule has 0 aliphatic rings. The third-order valence-electron chi connectivity index (χ3n) is 3.45. The van der Waals surface area contributed by atoms with E-state index in [1.807, 2.05) is 0 Å². The molecule has 0 atom stereocenters. The van der Waals surface area contributed by atoms with Gasteiger partial charge in [-0.05, 0) is 40.2 Å². The highest BCUT2D eigenvalue weighted by Gasteiger charge is 2.26. The zero-order valence-electron chi connectivity index (χ0n) is 13.1. The van der Waals surface area contributed by atoms with E-state index in [2.05, 4.69) is 26.0 Å². The van der Waals surface area contributed by atoms with Gasteiger partial charge in [-0.3, -0.25) is 9.69 Å². The number of benzene rings is 1. The van der Waals surface area contributed by atoms with Crippen molar-refractivity contribution in [2.24, 2.45) is 0 Å². The first-order chi connectivity index (χ1) is 12.8. The number of carbonyl (C=O) groups is 2. The maximum Gasteiger partial charge on any atom is 0.337 e. The average molecular weight is 491 g/mol. The molecule has 3 aromatic rings. The summed E-state index contributed by atoms with van der Waals surface area (Å²) in [5, 5.41) is 14.1. The van der Waals surface area contributed by atoms with Gasteiger partial charge in [0.1, 0.15) is 10.4 Å². The van der Waals surface area contributed by atoms with Crippen LogP contribution in [0, 0.1) is 0 Å². The van der Waals surface area contributed by atoms with Gasteiger partial charge in [-0.1, -0.05) is 34.8 Å². The molecule has 1 N–H and O–H groups in total. The highest BCUT2D eigenvalue weighted by molar-refractivity contribution is 9.10. The van der Waals surface area contributed by atoms with E-state index in [-0.39, 0.29) is 38.0 Å². The highest BCUT2D eigenvalue weighted by Crippen LogP contribution is 2.38. The zero-order valence-corrected chi connectivity index (χ0v) is 17.0. The largest absolute Gasteiger partial charge is 0.478 e. The van der Waals surface area contributed by atoms with Crippen molar-refractivity contribution < 1.29 is 14.7 Å². The Balaban J connectivity index is 2.27. The molecule has 1 aromatic carbocycles. The molecular weight excluding hydrogens is 482 g/mol. The molecule has 2 aromatic heterocycles. The van der Waals surface area contributed by atoms with Crippen LogP contribution in [-0.4, -0.2) is 32.3 Å². The Kier molecular flexibility index (Phi) is 5.71. The molecule has 0 aliphatic heterocycles. The summed E-state index contributed by atoms with van der Waals surface area (Å²) in [5.74, 6) is -0.889. The second-order valence-corrected chi connectivity index (χ2v) is 7.17. The monoisotopic (exact) mass is 488 g/mol. The van der Waals surface area contributed by atoms with Gasteiger partial charge in [-0.2, -0.15) is 9.78 Å². The lowest BCUT2D eigenvalue weighted by molar-refractivity contribution is -0.106. The van der Waals surface area contributed by atoms with Gasteiger partial charge in [0.2, 0.25) is 6.41 Å². The van der Waals surface area contributed by atoms with E-state index in [4.69, 9.17) is 34.8 Å². The van der Waals surface area contributed by atoms with E-state index < -0.39 is 5.97 Å². The van der Waals surface area contributed by atoms with Gasteiger partial charge in [-0.15, -0.1) is 0 Å². The lowest BCUT2D eigenvalue weighted by atomic mass is 10.1. The van der Waals surface area contributed by atoms with Crippen molar-refractivity contribution in [2.75, 3.05) is 4.90 Å². The Hall–Kier alpha value is -2.13. The molecule has 0 unspecified atom stereocenters. The van der Waals surface area contributed by atoms with Crippen molar-refractivity contribution in [3.8, 4) is 5.82 Å². The molecule has 0 fully saturated rings. The normalized spacial score (nSPS) is 10.7. The summed E-state index contributed by atoms with van der Waals surface area (Å²) in [6.07, 6.45) is 1.92. The predicted octanol–water partition coefficient (Wildman–Crippen LogP) is 4.98. The fourth-order valence-corrected chi connectivity index (χ4v) is 3.55. The molecule has 11 heteroatoms. The van der Waals surface area contributed by atoms with Crippen LogP contribution in [-0.2, 0) is 4.79 Å². The van der Waals surface area contributed by atoms with E-state index in [1.54, 1.807) is 12.1 Å². The van der Waals surface area contributed by atoms with Crippen molar-refractivity contribution in [3.05, 3.63) is 61.8 Å². The van der Waals surface area contributed by atoms with E-state index in [1.165, 1.54) is 29.1 Å². The van der Waals surface area contributed by atoms with Gasteiger partial charge in [0.25, 0.3) is 0 Å². The van der Waals surface area contributed by atoms with Crippen LogP contribution < -0.4 is 4.90 Å². The van der Waals surface area contributed by atoms with E-state index in [0.717, 1.165) is 4.90 Å². The number of pyridine rings is 1. The Bertz CT molecular complexity index is 1060. The van der Waals surface area contributed by atoms with Gasteiger partial charge in [0.05, 0.1) is 21.3 Å². The SMILES string of the molecule is O=CN(c1c(Cl)cc(Cl)cc1C(=O)O)c1cc(Br)nn1-c1ncccc1Cl. The van der Waals surface area contributed by atoms with Crippen LogP contribution >= 0.6 is 50.7 Å². The molecule has 0 saturated heterocycles. The molecule has 0 saturated carbocycles. The minimum atomic E-state index is -1.30. The molecule has 1 amide bonds. The minimum Gasteiger partial charge on any atom is -0.478 e. The van der Waals surface area contributed by atoms with Crippen molar-refractivity contribution in [1.82, 2.24) is 14.8 Å². The third kappa shape index (κ3) is 3.79. The quantitative estimate of drug-likeness (QED) is 0.510. The summed E-state index contributed by atoms with van der Waals surface area (Å²) in [7, 11) is 0. The van der Waals surface area contributed by atoms with E-state index >= 15 is 0 Å². The van der Waals surface area contributed by atoms with Crippen LogP contribution in [0.2, 0.25) is 15.1 Å². The zero-order chi connectivity index (χ0) is 19.7. The molecule has 7 nitrogen and oxygen atoms in total. The molecule has 3 rings (SSSR count). The Labute approximate surface area is 176 Å². The van der Waals surface area contributed by atoms with Crippen LogP contribution in [0.5, 0.6) is 0 Å². The number of carbonyl (C=O) groups excluding carboxylic acids is 1. The number of carboxylic acid groups (broad SMARTS) is 1. The average Bonchev–Trinajstić information content (AvgIpc) is 2.98. The Morgan fingerprint density at radius 1 is 1.22 bits per heavy atom. The Morgan fingerprint density at radius 2 is 1.96 bits per heavy atom. The lowest BCUT2D eigenvalue weighted by Gasteiger charge is -2.21. The van der Waals surface area contributed by atoms with Gasteiger partial charge in [0.15, 0.2) is 5.82 Å². The van der Waals surface area contributed by atoms with Crippen molar-refractivity contribution >= 4 is 74.6 Å². The second kappa shape index (κ2) is 7.85. The summed E-state index contributed by atoms with van der Waals surface area (Å²) in [5.41, 5.74) is -0.320.